The van der Waals surface area contributed by atoms with Crippen molar-refractivity contribution in [3.8, 4) is 0 Å². The molecule has 2 nitrogen and oxygen atoms in total. The van der Waals surface area contributed by atoms with Gasteiger partial charge in [-0.25, -0.2) is 0 Å². The molecule has 42 heavy (non-hydrogen) atoms. The fourth-order valence-electron chi connectivity index (χ4n) is 7.93. The van der Waals surface area contributed by atoms with Crippen LogP contribution in [0.3, 0.4) is 0 Å². The maximum Gasteiger partial charge on any atom is 0.135 e. The van der Waals surface area contributed by atoms with Gasteiger partial charge in [-0.1, -0.05) is 116 Å². The van der Waals surface area contributed by atoms with Crippen molar-refractivity contribution in [1.29, 1.82) is 0 Å². The summed E-state index contributed by atoms with van der Waals surface area (Å²) in [6.07, 6.45) is 0. The highest BCUT2D eigenvalue weighted by Gasteiger charge is 2.54. The second-order valence-electron chi connectivity index (χ2n) is 12.1. The highest BCUT2D eigenvalue weighted by molar-refractivity contribution is 7.01. The van der Waals surface area contributed by atoms with Crippen LogP contribution in [-0.2, 0) is 5.41 Å². The summed E-state index contributed by atoms with van der Waals surface area (Å²) in [4.78, 5) is 2.44. The van der Waals surface area contributed by atoms with Crippen LogP contribution in [0.5, 0.6) is 0 Å². The lowest BCUT2D eigenvalue weighted by Gasteiger charge is -2.52. The van der Waals surface area contributed by atoms with Gasteiger partial charge in [0.2, 0.25) is 0 Å². The van der Waals surface area contributed by atoms with Crippen molar-refractivity contribution in [2.45, 2.75) is 18.5 Å². The van der Waals surface area contributed by atoms with Gasteiger partial charge in [0.25, 0.3) is 0 Å². The molecule has 6 aromatic carbocycles. The predicted molar refractivity (Wildman–Crippen MR) is 177 cm³/mol. The number of hydrogen-bond acceptors (Lipinski definition) is 2. The van der Waals surface area contributed by atoms with E-state index in [-0.39, 0.29) is 0 Å². The molecule has 0 saturated heterocycles. The fourth-order valence-corrected chi connectivity index (χ4v) is 11.1. The molecular weight excluding hydrogens is 527 g/mol. The molecule has 0 atom stereocenters. The molecule has 1 spiro atoms. The number of fused-ring (bicyclic) bond motifs is 11. The molecule has 3 heterocycles. The van der Waals surface area contributed by atoms with Crippen LogP contribution in [0, 0.1) is 0 Å². The highest BCUT2D eigenvalue weighted by Crippen LogP contribution is 2.58. The summed E-state index contributed by atoms with van der Waals surface area (Å²) in [7, 11) is -2.10. The molecular formula is C39H29NOSi. The summed E-state index contributed by atoms with van der Waals surface area (Å²) in [6, 6.07) is 51.4. The zero-order valence-electron chi connectivity index (χ0n) is 23.6. The summed E-state index contributed by atoms with van der Waals surface area (Å²) in [6.45, 7) is 5.03. The van der Waals surface area contributed by atoms with Crippen LogP contribution in [0.1, 0.15) is 22.3 Å². The Kier molecular flexibility index (Phi) is 4.73. The highest BCUT2D eigenvalue weighted by atomic mass is 28.3. The largest absolute Gasteiger partial charge is 0.456 e. The summed E-state index contributed by atoms with van der Waals surface area (Å²) < 4.78 is 6.58. The van der Waals surface area contributed by atoms with Gasteiger partial charge in [0.15, 0.2) is 0 Å². The number of furan rings is 1. The second-order valence-corrected chi connectivity index (χ2v) is 16.4. The number of hydrogen-bond donors (Lipinski definition) is 0. The quantitative estimate of drug-likeness (QED) is 0.188. The summed E-state index contributed by atoms with van der Waals surface area (Å²) in [5.41, 5.74) is 10.4. The third-order valence-electron chi connectivity index (χ3n) is 9.71. The summed E-state index contributed by atoms with van der Waals surface area (Å²) in [5.74, 6) is 0. The Morgan fingerprint density at radius 2 is 1.10 bits per heavy atom. The van der Waals surface area contributed by atoms with Crippen molar-refractivity contribution in [2.75, 3.05) is 4.90 Å². The van der Waals surface area contributed by atoms with E-state index in [0.717, 1.165) is 11.2 Å². The predicted octanol–water partition coefficient (Wildman–Crippen LogP) is 8.89. The topological polar surface area (TPSA) is 16.4 Å². The zero-order valence-corrected chi connectivity index (χ0v) is 24.6. The Morgan fingerprint density at radius 1 is 0.500 bits per heavy atom. The number of nitrogens with zero attached hydrogens (tertiary/aromatic N) is 1. The maximum absolute atomic E-state index is 6.58. The van der Waals surface area contributed by atoms with E-state index in [1.54, 1.807) is 0 Å². The second kappa shape index (κ2) is 8.34. The van der Waals surface area contributed by atoms with Gasteiger partial charge in [-0.3, -0.25) is 0 Å². The Morgan fingerprint density at radius 3 is 1.83 bits per heavy atom. The molecule has 200 valence electrons. The molecule has 0 aliphatic carbocycles. The van der Waals surface area contributed by atoms with Crippen molar-refractivity contribution in [2.24, 2.45) is 0 Å². The normalized spacial score (nSPS) is 15.7. The van der Waals surface area contributed by atoms with Gasteiger partial charge in [0, 0.05) is 16.5 Å². The molecule has 3 heteroatoms. The first-order valence-electron chi connectivity index (χ1n) is 14.7. The minimum Gasteiger partial charge on any atom is -0.456 e. The SMILES string of the molecule is C[Si]1(C)c2ccccc2C2(c3ccccc3N(c3ccccc3)c3ccccc32)c2cc3oc4ccccc4c3cc21. The maximum atomic E-state index is 6.58. The summed E-state index contributed by atoms with van der Waals surface area (Å²) >= 11 is 0. The van der Waals surface area contributed by atoms with E-state index in [1.165, 1.54) is 60.5 Å². The van der Waals surface area contributed by atoms with E-state index in [9.17, 15) is 0 Å². The molecule has 2 aliphatic heterocycles. The molecule has 2 aliphatic rings. The van der Waals surface area contributed by atoms with Gasteiger partial charge in [-0.15, -0.1) is 0 Å². The van der Waals surface area contributed by atoms with Crippen LogP contribution < -0.4 is 15.3 Å². The third kappa shape index (κ3) is 2.88. The molecule has 9 rings (SSSR count). The molecule has 0 saturated carbocycles. The third-order valence-corrected chi connectivity index (χ3v) is 13.3. The van der Waals surface area contributed by atoms with Gasteiger partial charge >= 0.3 is 0 Å². The first-order valence-corrected chi connectivity index (χ1v) is 17.7. The number of benzene rings is 6. The Balaban J connectivity index is 1.49. The van der Waals surface area contributed by atoms with E-state index in [0.29, 0.717) is 0 Å². The van der Waals surface area contributed by atoms with Crippen LogP contribution in [0.15, 0.2) is 144 Å². The number of rotatable bonds is 1. The van der Waals surface area contributed by atoms with E-state index in [2.05, 4.69) is 158 Å². The smallest absolute Gasteiger partial charge is 0.135 e. The lowest BCUT2D eigenvalue weighted by molar-refractivity contribution is 0.664. The van der Waals surface area contributed by atoms with Crippen LogP contribution in [0.4, 0.5) is 17.1 Å². The van der Waals surface area contributed by atoms with Gasteiger partial charge in [0.1, 0.15) is 19.2 Å². The molecule has 0 unspecified atom stereocenters. The van der Waals surface area contributed by atoms with Crippen LogP contribution >= 0.6 is 0 Å². The van der Waals surface area contributed by atoms with E-state index in [1.807, 2.05) is 0 Å². The Bertz CT molecular complexity index is 2140. The molecule has 7 aromatic rings. The number of anilines is 3. The average molecular weight is 556 g/mol. The van der Waals surface area contributed by atoms with Crippen LogP contribution in [0.25, 0.3) is 21.9 Å². The molecule has 0 N–H and O–H groups in total. The molecule has 1 aromatic heterocycles. The van der Waals surface area contributed by atoms with Crippen molar-refractivity contribution in [1.82, 2.24) is 0 Å². The van der Waals surface area contributed by atoms with Gasteiger partial charge in [-0.05, 0) is 69.0 Å². The Labute approximate surface area is 246 Å². The average Bonchev–Trinajstić information content (AvgIpc) is 3.41. The monoisotopic (exact) mass is 555 g/mol. The first kappa shape index (κ1) is 23.8. The zero-order chi connectivity index (χ0) is 28.1. The van der Waals surface area contributed by atoms with Gasteiger partial charge in [0.05, 0.1) is 16.8 Å². The minimum absolute atomic E-state index is 0.486. The summed E-state index contributed by atoms with van der Waals surface area (Å²) in [5, 5.41) is 5.39. The molecule has 0 radical (unpaired) electrons. The molecule has 0 bridgehead atoms. The van der Waals surface area contributed by atoms with Crippen LogP contribution in [0.2, 0.25) is 13.1 Å². The minimum atomic E-state index is -2.10. The number of para-hydroxylation sites is 4. The van der Waals surface area contributed by atoms with Crippen LogP contribution in [-0.4, -0.2) is 8.07 Å². The lowest BCUT2D eigenvalue weighted by atomic mass is 9.62. The fraction of sp³-hybridized carbons (Fsp3) is 0.0769. The Hall–Kier alpha value is -4.86. The van der Waals surface area contributed by atoms with E-state index in [4.69, 9.17) is 4.42 Å². The molecule has 0 amide bonds. The lowest BCUT2D eigenvalue weighted by Crippen LogP contribution is -2.64. The van der Waals surface area contributed by atoms with Crippen molar-refractivity contribution in [3.05, 3.63) is 162 Å². The van der Waals surface area contributed by atoms with Crippen molar-refractivity contribution in [3.63, 3.8) is 0 Å². The van der Waals surface area contributed by atoms with Crippen molar-refractivity contribution >= 4 is 57.4 Å². The van der Waals surface area contributed by atoms with E-state index >= 15 is 0 Å². The van der Waals surface area contributed by atoms with Gasteiger partial charge < -0.3 is 9.32 Å². The van der Waals surface area contributed by atoms with Crippen molar-refractivity contribution < 1.29 is 4.42 Å². The molecule has 0 fully saturated rings. The first-order chi connectivity index (χ1) is 20.6. The van der Waals surface area contributed by atoms with E-state index < -0.39 is 13.5 Å². The standard InChI is InChI=1S/C39H29NOSi/c1-42(2)37-23-13-9-19-31(37)39(32-25-36-28(24-38(32)42)27-16-6-12-22-35(27)41-36)29-17-7-10-20-33(29)40(26-14-4-3-5-15-26)34-21-11-8-18-30(34)39/h3-25H,1-2H3. The van der Waals surface area contributed by atoms with Gasteiger partial charge in [-0.2, -0.15) is 0 Å².